The van der Waals surface area contributed by atoms with Crippen LogP contribution in [0.15, 0.2) is 18.2 Å². The van der Waals surface area contributed by atoms with Crippen molar-refractivity contribution < 1.29 is 14.9 Å². The number of phenolic OH excluding ortho intramolecular Hbond substituents is 1. The van der Waals surface area contributed by atoms with E-state index < -0.39 is 6.10 Å². The van der Waals surface area contributed by atoms with Crippen LogP contribution in [0.2, 0.25) is 0 Å². The molecule has 1 atom stereocenters. The minimum absolute atomic E-state index is 0.0532. The fourth-order valence-electron chi connectivity index (χ4n) is 1.25. The monoisotopic (exact) mass is 197 g/mol. The molecule has 0 saturated heterocycles. The number of nitrogens with two attached hydrogens (primary N) is 1. The molecule has 0 aliphatic rings. The highest BCUT2D eigenvalue weighted by molar-refractivity contribution is 5.37. The summed E-state index contributed by atoms with van der Waals surface area (Å²) < 4.78 is 4.91. The molecule has 0 radical (unpaired) electrons. The lowest BCUT2D eigenvalue weighted by Gasteiger charge is -2.11. The topological polar surface area (TPSA) is 75.7 Å². The summed E-state index contributed by atoms with van der Waals surface area (Å²) in [4.78, 5) is 0. The predicted molar refractivity (Wildman–Crippen MR) is 52.8 cm³/mol. The van der Waals surface area contributed by atoms with E-state index >= 15 is 0 Å². The highest BCUT2D eigenvalue weighted by atomic mass is 16.5. The van der Waals surface area contributed by atoms with Crippen LogP contribution in [0, 0.1) is 0 Å². The van der Waals surface area contributed by atoms with Crippen molar-refractivity contribution in [2.75, 3.05) is 13.7 Å². The first-order valence-electron chi connectivity index (χ1n) is 4.38. The van der Waals surface area contributed by atoms with Gasteiger partial charge in [-0.3, -0.25) is 0 Å². The number of phenols is 1. The van der Waals surface area contributed by atoms with E-state index in [-0.39, 0.29) is 12.3 Å². The van der Waals surface area contributed by atoms with Gasteiger partial charge in [-0.1, -0.05) is 12.1 Å². The van der Waals surface area contributed by atoms with Crippen LogP contribution in [0.3, 0.4) is 0 Å². The van der Waals surface area contributed by atoms with E-state index in [0.29, 0.717) is 12.2 Å². The van der Waals surface area contributed by atoms with Crippen molar-refractivity contribution in [3.05, 3.63) is 29.3 Å². The van der Waals surface area contributed by atoms with Crippen molar-refractivity contribution in [2.24, 2.45) is 5.73 Å². The lowest BCUT2D eigenvalue weighted by Crippen LogP contribution is -2.11. The average Bonchev–Trinajstić information content (AvgIpc) is 2.17. The van der Waals surface area contributed by atoms with Gasteiger partial charge in [-0.15, -0.1) is 0 Å². The van der Waals surface area contributed by atoms with Gasteiger partial charge in [0, 0.05) is 19.2 Å². The van der Waals surface area contributed by atoms with Gasteiger partial charge < -0.3 is 20.7 Å². The van der Waals surface area contributed by atoms with E-state index in [4.69, 9.17) is 10.5 Å². The predicted octanol–water partition coefficient (Wildman–Crippen LogP) is 0.531. The molecule has 0 heterocycles. The van der Waals surface area contributed by atoms with E-state index in [1.807, 2.05) is 0 Å². The van der Waals surface area contributed by atoms with Crippen molar-refractivity contribution in [3.8, 4) is 5.75 Å². The van der Waals surface area contributed by atoms with Gasteiger partial charge >= 0.3 is 0 Å². The van der Waals surface area contributed by atoms with Gasteiger partial charge in [-0.25, -0.2) is 0 Å². The number of ether oxygens (including phenoxy) is 1. The smallest absolute Gasteiger partial charge is 0.121 e. The summed E-state index contributed by atoms with van der Waals surface area (Å²) in [5.74, 6) is 0.0532. The summed E-state index contributed by atoms with van der Waals surface area (Å²) in [6.07, 6.45) is -0.813. The quantitative estimate of drug-likeness (QED) is 0.658. The normalized spacial score (nSPS) is 12.8. The fraction of sp³-hybridized carbons (Fsp3) is 0.400. The van der Waals surface area contributed by atoms with Gasteiger partial charge in [0.1, 0.15) is 5.75 Å². The summed E-state index contributed by atoms with van der Waals surface area (Å²) in [6.45, 7) is 0.531. The maximum Gasteiger partial charge on any atom is 0.121 e. The molecule has 0 aromatic heterocycles. The van der Waals surface area contributed by atoms with Crippen molar-refractivity contribution in [1.82, 2.24) is 0 Å². The molecule has 1 aromatic rings. The zero-order valence-electron chi connectivity index (χ0n) is 8.10. The van der Waals surface area contributed by atoms with Gasteiger partial charge in [0.25, 0.3) is 0 Å². The molecule has 78 valence electrons. The SMILES string of the molecule is COCc1ccc(C(O)CN)c(O)c1. The second-order valence-corrected chi connectivity index (χ2v) is 3.08. The molecule has 14 heavy (non-hydrogen) atoms. The standard InChI is InChI=1S/C10H15NO3/c1-14-6-7-2-3-8(9(12)4-7)10(13)5-11/h2-4,10,12-13H,5-6,11H2,1H3. The van der Waals surface area contributed by atoms with Crippen LogP contribution in [-0.2, 0) is 11.3 Å². The van der Waals surface area contributed by atoms with Crippen LogP contribution in [0.1, 0.15) is 17.2 Å². The Kier molecular flexibility index (Phi) is 3.88. The number of benzene rings is 1. The molecule has 1 unspecified atom stereocenters. The van der Waals surface area contributed by atoms with Crippen LogP contribution in [-0.4, -0.2) is 23.9 Å². The summed E-state index contributed by atoms with van der Waals surface area (Å²) in [6, 6.07) is 5.01. The van der Waals surface area contributed by atoms with E-state index in [9.17, 15) is 10.2 Å². The molecule has 4 heteroatoms. The molecule has 0 fully saturated rings. The molecule has 0 spiro atoms. The highest BCUT2D eigenvalue weighted by Crippen LogP contribution is 2.24. The number of rotatable bonds is 4. The van der Waals surface area contributed by atoms with E-state index in [2.05, 4.69) is 0 Å². The lowest BCUT2D eigenvalue weighted by atomic mass is 10.1. The third kappa shape index (κ3) is 2.45. The van der Waals surface area contributed by atoms with Crippen molar-refractivity contribution in [1.29, 1.82) is 0 Å². The maximum absolute atomic E-state index is 9.55. The molecule has 0 aliphatic heterocycles. The Balaban J connectivity index is 2.89. The Morgan fingerprint density at radius 1 is 1.50 bits per heavy atom. The first kappa shape index (κ1) is 11.0. The Bertz CT molecular complexity index is 301. The third-order valence-corrected chi connectivity index (χ3v) is 1.99. The third-order valence-electron chi connectivity index (χ3n) is 1.99. The first-order chi connectivity index (χ1) is 6.69. The molecule has 1 rings (SSSR count). The number of hydrogen-bond donors (Lipinski definition) is 3. The van der Waals surface area contributed by atoms with Crippen LogP contribution >= 0.6 is 0 Å². The second kappa shape index (κ2) is 4.95. The Morgan fingerprint density at radius 3 is 2.71 bits per heavy atom. The van der Waals surface area contributed by atoms with Crippen LogP contribution in [0.4, 0.5) is 0 Å². The molecular weight excluding hydrogens is 182 g/mol. The fourth-order valence-corrected chi connectivity index (χ4v) is 1.25. The van der Waals surface area contributed by atoms with E-state index in [1.165, 1.54) is 0 Å². The second-order valence-electron chi connectivity index (χ2n) is 3.08. The van der Waals surface area contributed by atoms with E-state index in [0.717, 1.165) is 5.56 Å². The van der Waals surface area contributed by atoms with Gasteiger partial charge in [-0.2, -0.15) is 0 Å². The first-order valence-corrected chi connectivity index (χ1v) is 4.38. The zero-order valence-corrected chi connectivity index (χ0v) is 8.10. The van der Waals surface area contributed by atoms with Crippen molar-refractivity contribution in [2.45, 2.75) is 12.7 Å². The molecule has 1 aromatic carbocycles. The molecule has 0 aliphatic carbocycles. The highest BCUT2D eigenvalue weighted by Gasteiger charge is 2.10. The Hall–Kier alpha value is -1.10. The summed E-state index contributed by atoms with van der Waals surface area (Å²) in [5, 5.41) is 19.0. The minimum atomic E-state index is -0.813. The largest absolute Gasteiger partial charge is 0.508 e. The van der Waals surface area contributed by atoms with Crippen LogP contribution < -0.4 is 5.73 Å². The van der Waals surface area contributed by atoms with Gasteiger partial charge in [0.05, 0.1) is 12.7 Å². The molecule has 0 saturated carbocycles. The van der Waals surface area contributed by atoms with Gasteiger partial charge in [0.15, 0.2) is 0 Å². The number of hydrogen-bond acceptors (Lipinski definition) is 4. The average molecular weight is 197 g/mol. The lowest BCUT2D eigenvalue weighted by molar-refractivity contribution is 0.179. The zero-order chi connectivity index (χ0) is 10.6. The summed E-state index contributed by atoms with van der Waals surface area (Å²) >= 11 is 0. The molecule has 4 N–H and O–H groups in total. The molecule has 0 amide bonds. The minimum Gasteiger partial charge on any atom is -0.508 e. The van der Waals surface area contributed by atoms with E-state index in [1.54, 1.807) is 25.3 Å². The Labute approximate surface area is 82.9 Å². The van der Waals surface area contributed by atoms with Crippen LogP contribution in [0.5, 0.6) is 5.75 Å². The number of methoxy groups -OCH3 is 1. The molecule has 0 bridgehead atoms. The number of aromatic hydroxyl groups is 1. The van der Waals surface area contributed by atoms with Crippen molar-refractivity contribution in [3.63, 3.8) is 0 Å². The van der Waals surface area contributed by atoms with Gasteiger partial charge in [0.2, 0.25) is 0 Å². The molecular formula is C10H15NO3. The summed E-state index contributed by atoms with van der Waals surface area (Å²) in [7, 11) is 1.58. The van der Waals surface area contributed by atoms with Crippen molar-refractivity contribution >= 4 is 0 Å². The van der Waals surface area contributed by atoms with Gasteiger partial charge in [-0.05, 0) is 11.6 Å². The number of aliphatic hydroxyl groups is 1. The Morgan fingerprint density at radius 2 is 2.21 bits per heavy atom. The van der Waals surface area contributed by atoms with Crippen LogP contribution in [0.25, 0.3) is 0 Å². The summed E-state index contributed by atoms with van der Waals surface area (Å²) in [5.41, 5.74) is 6.59. The molecule has 4 nitrogen and oxygen atoms in total. The maximum atomic E-state index is 9.55. The number of aliphatic hydroxyl groups excluding tert-OH is 1.